The Morgan fingerprint density at radius 1 is 1.32 bits per heavy atom. The van der Waals surface area contributed by atoms with Gasteiger partial charge in [-0.15, -0.1) is 0 Å². The first-order valence-corrected chi connectivity index (χ1v) is 8.57. The molecule has 110 valence electrons. The number of likely N-dealkylation sites (N-methyl/N-ethyl adjacent to an activating group) is 1. The molecule has 1 atom stereocenters. The fraction of sp³-hybridized carbons (Fsp3) is 0.917. The molecular weight excluding hydrogens is 266 g/mol. The van der Waals surface area contributed by atoms with E-state index in [2.05, 4.69) is 5.32 Å². The number of rotatable bonds is 4. The average molecular weight is 289 g/mol. The molecule has 0 radical (unpaired) electrons. The SMILES string of the molecule is CNC1CCCN(C(=O)CCN2CCCS2(=O)=O)C1. The lowest BCUT2D eigenvalue weighted by Gasteiger charge is -2.33. The van der Waals surface area contributed by atoms with Crippen molar-refractivity contribution in [3.05, 3.63) is 0 Å². The molecule has 6 nitrogen and oxygen atoms in total. The Hall–Kier alpha value is -0.660. The van der Waals surface area contributed by atoms with Crippen LogP contribution in [0.1, 0.15) is 25.7 Å². The lowest BCUT2D eigenvalue weighted by Crippen LogP contribution is -2.47. The van der Waals surface area contributed by atoms with E-state index in [1.807, 2.05) is 11.9 Å². The number of amides is 1. The molecule has 0 aromatic carbocycles. The first kappa shape index (κ1) is 14.7. The third kappa shape index (κ3) is 3.67. The van der Waals surface area contributed by atoms with E-state index in [-0.39, 0.29) is 11.7 Å². The molecule has 2 aliphatic heterocycles. The van der Waals surface area contributed by atoms with E-state index in [1.54, 1.807) is 0 Å². The number of carbonyl (C=O) groups excluding carboxylic acids is 1. The molecule has 7 heteroatoms. The van der Waals surface area contributed by atoms with E-state index in [0.29, 0.717) is 32.0 Å². The predicted octanol–water partition coefficient (Wildman–Crippen LogP) is -0.378. The highest BCUT2D eigenvalue weighted by Crippen LogP contribution is 2.15. The fourth-order valence-corrected chi connectivity index (χ4v) is 4.29. The third-order valence-corrected chi connectivity index (χ3v) is 5.92. The van der Waals surface area contributed by atoms with Gasteiger partial charge in [0.15, 0.2) is 0 Å². The smallest absolute Gasteiger partial charge is 0.223 e. The summed E-state index contributed by atoms with van der Waals surface area (Å²) in [7, 11) is -1.17. The van der Waals surface area contributed by atoms with Crippen LogP contribution in [0.3, 0.4) is 0 Å². The largest absolute Gasteiger partial charge is 0.341 e. The first-order chi connectivity index (χ1) is 9.03. The quantitative estimate of drug-likeness (QED) is 0.766. The maximum atomic E-state index is 12.1. The molecule has 0 aliphatic carbocycles. The molecule has 2 aliphatic rings. The summed E-state index contributed by atoms with van der Waals surface area (Å²) in [5.41, 5.74) is 0. The number of nitrogens with zero attached hydrogens (tertiary/aromatic N) is 2. The summed E-state index contributed by atoms with van der Waals surface area (Å²) in [6.45, 7) is 2.43. The molecule has 19 heavy (non-hydrogen) atoms. The first-order valence-electron chi connectivity index (χ1n) is 6.96. The Balaban J connectivity index is 1.81. The highest BCUT2D eigenvalue weighted by Gasteiger charge is 2.29. The lowest BCUT2D eigenvalue weighted by molar-refractivity contribution is -0.132. The van der Waals surface area contributed by atoms with Crippen LogP contribution in [0.15, 0.2) is 0 Å². The van der Waals surface area contributed by atoms with E-state index >= 15 is 0 Å². The summed E-state index contributed by atoms with van der Waals surface area (Å²) in [6, 6.07) is 0.369. The van der Waals surface area contributed by atoms with Crippen molar-refractivity contribution in [3.8, 4) is 0 Å². The summed E-state index contributed by atoms with van der Waals surface area (Å²) in [5, 5.41) is 3.20. The van der Waals surface area contributed by atoms with E-state index in [1.165, 1.54) is 4.31 Å². The van der Waals surface area contributed by atoms with Gasteiger partial charge in [0.1, 0.15) is 0 Å². The Kier molecular flexibility index (Phi) is 4.81. The highest BCUT2D eigenvalue weighted by atomic mass is 32.2. The van der Waals surface area contributed by atoms with Gasteiger partial charge >= 0.3 is 0 Å². The van der Waals surface area contributed by atoms with Gasteiger partial charge in [0.25, 0.3) is 0 Å². The van der Waals surface area contributed by atoms with Crippen LogP contribution in [0.2, 0.25) is 0 Å². The van der Waals surface area contributed by atoms with Crippen LogP contribution in [-0.4, -0.2) is 68.6 Å². The second-order valence-electron chi connectivity index (χ2n) is 5.29. The van der Waals surface area contributed by atoms with E-state index in [4.69, 9.17) is 0 Å². The molecule has 2 rings (SSSR count). The summed E-state index contributed by atoms with van der Waals surface area (Å²) in [5.74, 6) is 0.300. The molecule has 2 saturated heterocycles. The predicted molar refractivity (Wildman–Crippen MR) is 73.3 cm³/mol. The van der Waals surface area contributed by atoms with Crippen LogP contribution in [-0.2, 0) is 14.8 Å². The van der Waals surface area contributed by atoms with Crippen LogP contribution >= 0.6 is 0 Å². The van der Waals surface area contributed by atoms with Gasteiger partial charge in [-0.25, -0.2) is 12.7 Å². The summed E-state index contributed by atoms with van der Waals surface area (Å²) < 4.78 is 24.7. The Labute approximate surface area is 115 Å². The number of carbonyl (C=O) groups is 1. The van der Waals surface area contributed by atoms with Crippen molar-refractivity contribution in [3.63, 3.8) is 0 Å². The number of hydrogen-bond acceptors (Lipinski definition) is 4. The zero-order valence-corrected chi connectivity index (χ0v) is 12.3. The molecule has 0 bridgehead atoms. The number of sulfonamides is 1. The van der Waals surface area contributed by atoms with Crippen molar-refractivity contribution in [2.45, 2.75) is 31.7 Å². The van der Waals surface area contributed by atoms with Crippen molar-refractivity contribution >= 4 is 15.9 Å². The molecule has 0 aromatic rings. The van der Waals surface area contributed by atoms with Gasteiger partial charge in [-0.3, -0.25) is 4.79 Å². The standard InChI is InChI=1S/C12H23N3O3S/c1-13-11-4-2-6-14(10-11)12(16)5-8-15-7-3-9-19(15,17)18/h11,13H,2-10H2,1H3. The van der Waals surface area contributed by atoms with Gasteiger partial charge in [0.05, 0.1) is 5.75 Å². The van der Waals surface area contributed by atoms with E-state index in [9.17, 15) is 13.2 Å². The normalized spacial score (nSPS) is 27.6. The average Bonchev–Trinajstić information content (AvgIpc) is 2.75. The molecule has 1 N–H and O–H groups in total. The molecule has 0 spiro atoms. The minimum absolute atomic E-state index is 0.0713. The van der Waals surface area contributed by atoms with Gasteiger partial charge in [0, 0.05) is 38.6 Å². The maximum Gasteiger partial charge on any atom is 0.223 e. The van der Waals surface area contributed by atoms with Crippen LogP contribution in [0.4, 0.5) is 0 Å². The van der Waals surface area contributed by atoms with Crippen molar-refractivity contribution in [1.29, 1.82) is 0 Å². The zero-order valence-electron chi connectivity index (χ0n) is 11.5. The summed E-state index contributed by atoms with van der Waals surface area (Å²) in [6.07, 6.45) is 3.10. The molecule has 0 saturated carbocycles. The van der Waals surface area contributed by atoms with Crippen LogP contribution in [0.25, 0.3) is 0 Å². The van der Waals surface area contributed by atoms with Gasteiger partial charge in [-0.05, 0) is 26.3 Å². The van der Waals surface area contributed by atoms with Crippen LogP contribution in [0, 0.1) is 0 Å². The van der Waals surface area contributed by atoms with Gasteiger partial charge < -0.3 is 10.2 Å². The Morgan fingerprint density at radius 3 is 2.74 bits per heavy atom. The van der Waals surface area contributed by atoms with Crippen LogP contribution in [0.5, 0.6) is 0 Å². The zero-order chi connectivity index (χ0) is 13.9. The number of hydrogen-bond donors (Lipinski definition) is 1. The number of piperidine rings is 1. The second kappa shape index (κ2) is 6.19. The van der Waals surface area contributed by atoms with Crippen molar-refractivity contribution < 1.29 is 13.2 Å². The van der Waals surface area contributed by atoms with E-state index in [0.717, 1.165) is 25.9 Å². The monoisotopic (exact) mass is 289 g/mol. The molecule has 0 aromatic heterocycles. The highest BCUT2D eigenvalue weighted by molar-refractivity contribution is 7.89. The lowest BCUT2D eigenvalue weighted by atomic mass is 10.1. The fourth-order valence-electron chi connectivity index (χ4n) is 2.76. The number of nitrogens with one attached hydrogen (secondary N) is 1. The summed E-state index contributed by atoms with van der Waals surface area (Å²) >= 11 is 0. The minimum atomic E-state index is -3.08. The third-order valence-electron chi connectivity index (χ3n) is 3.96. The summed E-state index contributed by atoms with van der Waals surface area (Å²) in [4.78, 5) is 14.0. The van der Waals surface area contributed by atoms with Crippen molar-refractivity contribution in [2.75, 3.05) is 39.0 Å². The molecule has 2 fully saturated rings. The van der Waals surface area contributed by atoms with Gasteiger partial charge in [-0.1, -0.05) is 0 Å². The molecule has 1 amide bonds. The second-order valence-corrected chi connectivity index (χ2v) is 7.37. The molecular formula is C12H23N3O3S. The maximum absolute atomic E-state index is 12.1. The Morgan fingerprint density at radius 2 is 2.11 bits per heavy atom. The Bertz CT molecular complexity index is 424. The van der Waals surface area contributed by atoms with E-state index < -0.39 is 10.0 Å². The van der Waals surface area contributed by atoms with Gasteiger partial charge in [-0.2, -0.15) is 0 Å². The minimum Gasteiger partial charge on any atom is -0.341 e. The molecule has 1 unspecified atom stereocenters. The molecule has 2 heterocycles. The van der Waals surface area contributed by atoms with Crippen molar-refractivity contribution in [1.82, 2.24) is 14.5 Å². The number of likely N-dealkylation sites (tertiary alicyclic amines) is 1. The van der Waals surface area contributed by atoms with Crippen LogP contribution < -0.4 is 5.32 Å². The van der Waals surface area contributed by atoms with Gasteiger partial charge in [0.2, 0.25) is 15.9 Å². The topological polar surface area (TPSA) is 69.7 Å². The van der Waals surface area contributed by atoms with Crippen molar-refractivity contribution in [2.24, 2.45) is 0 Å².